The Kier molecular flexibility index (Phi) is 8.88. The minimum atomic E-state index is -0.641. The van der Waals surface area contributed by atoms with Crippen molar-refractivity contribution in [2.24, 2.45) is 11.7 Å². The van der Waals surface area contributed by atoms with Crippen LogP contribution >= 0.6 is 0 Å². The summed E-state index contributed by atoms with van der Waals surface area (Å²) >= 11 is 0. The lowest BCUT2D eigenvalue weighted by molar-refractivity contribution is -0.0977. The molecule has 116 valence electrons. The first-order valence-corrected chi connectivity index (χ1v) is 7.85. The summed E-state index contributed by atoms with van der Waals surface area (Å²) in [7, 11) is 0. The van der Waals surface area contributed by atoms with Crippen molar-refractivity contribution in [1.82, 2.24) is 0 Å². The van der Waals surface area contributed by atoms with E-state index in [2.05, 4.69) is 27.7 Å². The zero-order chi connectivity index (χ0) is 14.9. The van der Waals surface area contributed by atoms with E-state index in [1.807, 2.05) is 6.92 Å². The summed E-state index contributed by atoms with van der Waals surface area (Å²) in [6.07, 6.45) is 7.16. The Bertz CT molecular complexity index is 231. The molecule has 0 aromatic rings. The van der Waals surface area contributed by atoms with E-state index in [0.29, 0.717) is 12.5 Å². The molecule has 3 unspecified atom stereocenters. The molecule has 3 heteroatoms. The minimum Gasteiger partial charge on any atom is -0.394 e. The third-order valence-corrected chi connectivity index (χ3v) is 4.12. The van der Waals surface area contributed by atoms with Gasteiger partial charge < -0.3 is 15.6 Å². The lowest BCUT2D eigenvalue weighted by atomic mass is 9.82. The summed E-state index contributed by atoms with van der Waals surface area (Å²) in [6.45, 7) is 11.1. The molecular formula is C16H35NO2. The molecule has 0 spiro atoms. The van der Waals surface area contributed by atoms with E-state index >= 15 is 0 Å². The second-order valence-electron chi connectivity index (χ2n) is 6.56. The van der Waals surface area contributed by atoms with Crippen LogP contribution in [0.2, 0.25) is 0 Å². The first-order chi connectivity index (χ1) is 8.81. The van der Waals surface area contributed by atoms with E-state index in [1.165, 1.54) is 25.7 Å². The van der Waals surface area contributed by atoms with Gasteiger partial charge in [0.25, 0.3) is 0 Å². The smallest absolute Gasteiger partial charge is 0.0680 e. The van der Waals surface area contributed by atoms with Gasteiger partial charge in [0.2, 0.25) is 0 Å². The fraction of sp³-hybridized carbons (Fsp3) is 1.00. The molecule has 3 nitrogen and oxygen atoms in total. The molecule has 0 saturated heterocycles. The van der Waals surface area contributed by atoms with Crippen LogP contribution in [0.25, 0.3) is 0 Å². The van der Waals surface area contributed by atoms with Crippen molar-refractivity contribution in [1.29, 1.82) is 0 Å². The summed E-state index contributed by atoms with van der Waals surface area (Å²) < 4.78 is 6.13. The van der Waals surface area contributed by atoms with Crippen LogP contribution in [0.5, 0.6) is 0 Å². The Morgan fingerprint density at radius 2 is 1.79 bits per heavy atom. The quantitative estimate of drug-likeness (QED) is 0.567. The molecule has 19 heavy (non-hydrogen) atoms. The fourth-order valence-electron chi connectivity index (χ4n) is 2.34. The molecule has 0 rings (SSSR count). The molecule has 0 fully saturated rings. The Hall–Kier alpha value is -0.120. The highest BCUT2D eigenvalue weighted by molar-refractivity contribution is 4.85. The van der Waals surface area contributed by atoms with Gasteiger partial charge in [-0.1, -0.05) is 46.5 Å². The van der Waals surface area contributed by atoms with Crippen LogP contribution in [0.15, 0.2) is 0 Å². The van der Waals surface area contributed by atoms with Crippen molar-refractivity contribution in [3.05, 3.63) is 0 Å². The molecule has 0 aliphatic rings. The van der Waals surface area contributed by atoms with Gasteiger partial charge in [-0.2, -0.15) is 0 Å². The monoisotopic (exact) mass is 273 g/mol. The lowest BCUT2D eigenvalue weighted by Crippen LogP contribution is -2.49. The van der Waals surface area contributed by atoms with E-state index < -0.39 is 5.54 Å². The van der Waals surface area contributed by atoms with Crippen LogP contribution < -0.4 is 5.73 Å². The summed E-state index contributed by atoms with van der Waals surface area (Å²) in [5.74, 6) is 0.522. The second-order valence-corrected chi connectivity index (χ2v) is 6.56. The highest BCUT2D eigenvalue weighted by Crippen LogP contribution is 2.31. The number of unbranched alkanes of at least 4 members (excludes halogenated alkanes) is 2. The molecule has 0 amide bonds. The van der Waals surface area contributed by atoms with Gasteiger partial charge in [-0.05, 0) is 32.6 Å². The third-order valence-electron chi connectivity index (χ3n) is 4.12. The normalized spacial score (nSPS) is 19.7. The first kappa shape index (κ1) is 18.9. The number of hydrogen-bond donors (Lipinski definition) is 2. The Morgan fingerprint density at radius 1 is 1.16 bits per heavy atom. The molecule has 0 aliphatic carbocycles. The lowest BCUT2D eigenvalue weighted by Gasteiger charge is -2.38. The van der Waals surface area contributed by atoms with Crippen molar-refractivity contribution < 1.29 is 9.84 Å². The van der Waals surface area contributed by atoms with E-state index in [9.17, 15) is 5.11 Å². The van der Waals surface area contributed by atoms with Crippen molar-refractivity contribution in [2.75, 3.05) is 13.2 Å². The maximum Gasteiger partial charge on any atom is 0.0680 e. The summed E-state index contributed by atoms with van der Waals surface area (Å²) in [5, 5.41) is 9.23. The molecule has 3 N–H and O–H groups in total. The maximum atomic E-state index is 9.23. The average molecular weight is 273 g/mol. The molecule has 3 atom stereocenters. The number of aliphatic hydroxyl groups excluding tert-OH is 1. The van der Waals surface area contributed by atoms with E-state index in [1.54, 1.807) is 0 Å². The Morgan fingerprint density at radius 3 is 2.26 bits per heavy atom. The zero-order valence-corrected chi connectivity index (χ0v) is 13.7. The van der Waals surface area contributed by atoms with Crippen molar-refractivity contribution in [2.45, 2.75) is 84.3 Å². The van der Waals surface area contributed by atoms with Gasteiger partial charge in [0.05, 0.1) is 24.4 Å². The topological polar surface area (TPSA) is 55.5 Å². The number of ether oxygens (including phenoxy) is 1. The van der Waals surface area contributed by atoms with Gasteiger partial charge in [-0.25, -0.2) is 0 Å². The largest absolute Gasteiger partial charge is 0.394 e. The molecular weight excluding hydrogens is 238 g/mol. The SMILES string of the molecule is CCCCCC(C)C(C)(CCC)OCC(C)(N)CO. The van der Waals surface area contributed by atoms with E-state index in [0.717, 1.165) is 12.8 Å². The number of nitrogens with two attached hydrogens (primary N) is 1. The van der Waals surface area contributed by atoms with Gasteiger partial charge in [0, 0.05) is 0 Å². The first-order valence-electron chi connectivity index (χ1n) is 7.85. The zero-order valence-electron chi connectivity index (χ0n) is 13.7. The predicted molar refractivity (Wildman–Crippen MR) is 82.2 cm³/mol. The number of rotatable bonds is 11. The van der Waals surface area contributed by atoms with Gasteiger partial charge in [-0.3, -0.25) is 0 Å². The maximum absolute atomic E-state index is 9.23. The van der Waals surface area contributed by atoms with E-state index in [-0.39, 0.29) is 12.2 Å². The fourth-order valence-corrected chi connectivity index (χ4v) is 2.34. The Balaban J connectivity index is 4.46. The molecule has 0 radical (unpaired) electrons. The predicted octanol–water partition coefficient (Wildman–Crippen LogP) is 3.49. The standard InChI is InChI=1S/C16H35NO2/c1-6-8-9-10-14(3)16(5,11-7-2)19-13-15(4,17)12-18/h14,18H,6-13,17H2,1-5H3. The second kappa shape index (κ2) is 8.93. The molecule has 0 saturated carbocycles. The van der Waals surface area contributed by atoms with Crippen LogP contribution in [-0.4, -0.2) is 29.5 Å². The van der Waals surface area contributed by atoms with Gasteiger partial charge in [0.15, 0.2) is 0 Å². The third kappa shape index (κ3) is 7.28. The number of hydrogen-bond acceptors (Lipinski definition) is 3. The average Bonchev–Trinajstić information content (AvgIpc) is 2.37. The van der Waals surface area contributed by atoms with Crippen LogP contribution in [0.3, 0.4) is 0 Å². The molecule has 0 bridgehead atoms. The summed E-state index contributed by atoms with van der Waals surface area (Å²) in [6, 6.07) is 0. The molecule has 0 aromatic carbocycles. The van der Waals surface area contributed by atoms with Crippen molar-refractivity contribution in [3.63, 3.8) is 0 Å². The summed E-state index contributed by atoms with van der Waals surface area (Å²) in [4.78, 5) is 0. The minimum absolute atomic E-state index is 0.0422. The van der Waals surface area contributed by atoms with Crippen LogP contribution in [-0.2, 0) is 4.74 Å². The Labute approximate surface area is 119 Å². The molecule has 0 aliphatic heterocycles. The number of aliphatic hydroxyl groups is 1. The van der Waals surface area contributed by atoms with Crippen LogP contribution in [0.4, 0.5) is 0 Å². The van der Waals surface area contributed by atoms with Crippen molar-refractivity contribution in [3.8, 4) is 0 Å². The van der Waals surface area contributed by atoms with Gasteiger partial charge >= 0.3 is 0 Å². The summed E-state index contributed by atoms with van der Waals surface area (Å²) in [5.41, 5.74) is 5.20. The molecule has 0 aromatic heterocycles. The van der Waals surface area contributed by atoms with Gasteiger partial charge in [0.1, 0.15) is 0 Å². The highest BCUT2D eigenvalue weighted by Gasteiger charge is 2.33. The van der Waals surface area contributed by atoms with Crippen molar-refractivity contribution >= 4 is 0 Å². The van der Waals surface area contributed by atoms with Crippen LogP contribution in [0.1, 0.15) is 73.1 Å². The highest BCUT2D eigenvalue weighted by atomic mass is 16.5. The van der Waals surface area contributed by atoms with E-state index in [4.69, 9.17) is 10.5 Å². The molecule has 0 heterocycles. The van der Waals surface area contributed by atoms with Crippen LogP contribution in [0, 0.1) is 5.92 Å². The van der Waals surface area contributed by atoms with Gasteiger partial charge in [-0.15, -0.1) is 0 Å².